The molecule has 0 fully saturated rings. The lowest BCUT2D eigenvalue weighted by atomic mass is 9.73. The molecule has 0 atom stereocenters. The quantitative estimate of drug-likeness (QED) is 0.0625. The highest BCUT2D eigenvalue weighted by molar-refractivity contribution is 5.90. The lowest BCUT2D eigenvalue weighted by Gasteiger charge is -2.31. The van der Waals surface area contributed by atoms with Gasteiger partial charge in [-0.15, -0.1) is 0 Å². The molecule has 0 spiro atoms. The van der Waals surface area contributed by atoms with Crippen LogP contribution in [0.3, 0.4) is 0 Å². The summed E-state index contributed by atoms with van der Waals surface area (Å²) in [4.78, 5) is 51.3. The molecular weight excluding hydrogens is 769 g/mol. The van der Waals surface area contributed by atoms with Crippen LogP contribution in [0.25, 0.3) is 0 Å². The number of benzene rings is 4. The summed E-state index contributed by atoms with van der Waals surface area (Å²) < 4.78 is 0. The van der Waals surface area contributed by atoms with Crippen LogP contribution in [-0.2, 0) is 0 Å². The molecule has 0 amide bonds. The first-order valence-electron chi connectivity index (χ1n) is 20.4. The molecule has 0 unspecified atom stereocenters. The Kier molecular flexibility index (Phi) is 13.3. The van der Waals surface area contributed by atoms with Crippen molar-refractivity contribution in [3.05, 3.63) is 91.0 Å². The van der Waals surface area contributed by atoms with Crippen molar-refractivity contribution in [2.24, 2.45) is 23.7 Å². The van der Waals surface area contributed by atoms with Crippen LogP contribution in [0.2, 0.25) is 0 Å². The van der Waals surface area contributed by atoms with Gasteiger partial charge in [-0.25, -0.2) is 0 Å². The third kappa shape index (κ3) is 7.99. The van der Waals surface area contributed by atoms with Crippen LogP contribution in [0, 0.1) is 23.7 Å². The predicted octanol–water partition coefficient (Wildman–Crippen LogP) is 9.61. The first kappa shape index (κ1) is 45.1. The fourth-order valence-corrected chi connectivity index (χ4v) is 9.05. The van der Waals surface area contributed by atoms with Gasteiger partial charge in [-0.1, -0.05) is 55.4 Å². The van der Waals surface area contributed by atoms with E-state index in [0.29, 0.717) is 0 Å². The minimum atomic E-state index is -1.02. The van der Waals surface area contributed by atoms with Crippen molar-refractivity contribution >= 4 is 25.1 Å². The predicted molar refractivity (Wildman–Crippen MR) is 226 cm³/mol. The Balaban J connectivity index is 2.18. The summed E-state index contributed by atoms with van der Waals surface area (Å²) in [6.07, 6.45) is 1.86. The second-order valence-electron chi connectivity index (χ2n) is 17.9. The molecule has 60 heavy (non-hydrogen) atoms. The minimum Gasteiger partial charge on any atom is -0.507 e. The van der Waals surface area contributed by atoms with E-state index in [1.807, 2.05) is 55.4 Å². The molecule has 1 aliphatic rings. The molecule has 4 aromatic carbocycles. The molecule has 320 valence electrons. The number of hydrogen-bond donors (Lipinski definition) is 8. The maximum atomic E-state index is 12.8. The maximum absolute atomic E-state index is 12.8. The van der Waals surface area contributed by atoms with Crippen LogP contribution in [0.5, 0.6) is 46.0 Å². The standard InChI is InChI=1S/C48H56O12/c1-21(2)9-25-29-13-31(43(55)37(17-49)41(29)53)26(10-22(3)4)33-15-35(47(59)39(19-51)45(33)57)28(12-24(7)8)36-16-34(46(58)40(20-52)48(36)60)27(11-23(5)6)32-14-30(25)42(54)38(18-50)44(32)56/h13-28,53-60H,9-12H2,1-8H3. The summed E-state index contributed by atoms with van der Waals surface area (Å²) in [6, 6.07) is 5.87. The van der Waals surface area contributed by atoms with Gasteiger partial charge in [0.25, 0.3) is 0 Å². The summed E-state index contributed by atoms with van der Waals surface area (Å²) in [7, 11) is 0. The third-order valence-corrected chi connectivity index (χ3v) is 11.8. The molecule has 8 bridgehead atoms. The highest BCUT2D eigenvalue weighted by Crippen LogP contribution is 2.55. The van der Waals surface area contributed by atoms with Gasteiger partial charge in [-0.05, 0) is 73.6 Å². The third-order valence-electron chi connectivity index (χ3n) is 11.8. The minimum absolute atomic E-state index is 0.0634. The average Bonchev–Trinajstić information content (AvgIpc) is 3.16. The summed E-state index contributed by atoms with van der Waals surface area (Å²) in [5.41, 5.74) is -1.45. The fraction of sp³-hybridized carbons (Fsp3) is 0.417. The van der Waals surface area contributed by atoms with Gasteiger partial charge in [-0.2, -0.15) is 0 Å². The number of phenols is 8. The van der Waals surface area contributed by atoms with E-state index in [2.05, 4.69) is 0 Å². The summed E-state index contributed by atoms with van der Waals surface area (Å²) >= 11 is 0. The molecule has 1 aliphatic carbocycles. The van der Waals surface area contributed by atoms with Crippen molar-refractivity contribution in [2.75, 3.05) is 0 Å². The van der Waals surface area contributed by atoms with Gasteiger partial charge in [0.2, 0.25) is 0 Å². The second-order valence-corrected chi connectivity index (χ2v) is 17.9. The molecule has 0 aliphatic heterocycles. The Morgan fingerprint density at radius 1 is 0.333 bits per heavy atom. The van der Waals surface area contributed by atoms with Gasteiger partial charge in [0.05, 0.1) is 22.3 Å². The number of carbonyl (C=O) groups excluding carboxylic acids is 4. The van der Waals surface area contributed by atoms with Gasteiger partial charge in [0.15, 0.2) is 25.1 Å². The second kappa shape index (κ2) is 17.7. The van der Waals surface area contributed by atoms with Crippen LogP contribution in [0.1, 0.15) is 191 Å². The molecule has 8 N–H and O–H groups in total. The summed E-state index contributed by atoms with van der Waals surface area (Å²) in [6.45, 7) is 15.0. The molecule has 0 radical (unpaired) electrons. The lowest BCUT2D eigenvalue weighted by Crippen LogP contribution is -2.16. The van der Waals surface area contributed by atoms with Crippen LogP contribution >= 0.6 is 0 Å². The van der Waals surface area contributed by atoms with Gasteiger partial charge >= 0.3 is 0 Å². The van der Waals surface area contributed by atoms with E-state index >= 15 is 0 Å². The maximum Gasteiger partial charge on any atom is 0.157 e. The average molecular weight is 825 g/mol. The smallest absolute Gasteiger partial charge is 0.157 e. The molecule has 4 aromatic rings. The summed E-state index contributed by atoms with van der Waals surface area (Å²) in [5, 5.41) is 95.0. The van der Waals surface area contributed by atoms with E-state index in [1.54, 1.807) is 0 Å². The summed E-state index contributed by atoms with van der Waals surface area (Å²) in [5.74, 6) is -9.64. The molecule has 12 nitrogen and oxygen atoms in total. The van der Waals surface area contributed by atoms with Crippen LogP contribution in [-0.4, -0.2) is 66.0 Å². The normalized spacial score (nSPS) is 17.7. The number of aldehydes is 4. The SMILES string of the molecule is CC(C)CC1c2cc(c(O)c(C=O)c2O)C(CC(C)C)c2cc(c(O)c(C=O)c2O)C(CC(C)C)c2cc(c(O)c(C=O)c2O)C(CC(C)C)c2cc1c(O)c(C=O)c2O. The van der Waals surface area contributed by atoms with Crippen LogP contribution < -0.4 is 0 Å². The van der Waals surface area contributed by atoms with E-state index in [1.165, 1.54) is 24.3 Å². The van der Waals surface area contributed by atoms with Crippen LogP contribution in [0.15, 0.2) is 24.3 Å². The van der Waals surface area contributed by atoms with Gasteiger partial charge < -0.3 is 40.9 Å². The monoisotopic (exact) mass is 824 g/mol. The Bertz CT molecular complexity index is 1900. The number of carbonyl (C=O) groups is 4. The molecule has 0 saturated carbocycles. The lowest BCUT2D eigenvalue weighted by molar-refractivity contribution is 0.111. The van der Waals surface area contributed by atoms with E-state index < -0.39 is 91.9 Å². The molecule has 5 rings (SSSR count). The molecule has 12 heteroatoms. The van der Waals surface area contributed by atoms with Crippen molar-refractivity contribution in [3.8, 4) is 46.0 Å². The number of aromatic hydroxyl groups is 8. The Morgan fingerprint density at radius 3 is 0.567 bits per heavy atom. The number of phenolic OH excluding ortho intramolecular Hbond substituents is 8. The van der Waals surface area contributed by atoms with Crippen molar-refractivity contribution < 1.29 is 60.0 Å². The van der Waals surface area contributed by atoms with Crippen molar-refractivity contribution in [1.82, 2.24) is 0 Å². The number of fused-ring (bicyclic) bond motifs is 8. The first-order chi connectivity index (χ1) is 28.2. The largest absolute Gasteiger partial charge is 0.507 e. The van der Waals surface area contributed by atoms with Crippen molar-refractivity contribution in [1.29, 1.82) is 0 Å². The zero-order valence-corrected chi connectivity index (χ0v) is 35.3. The van der Waals surface area contributed by atoms with Gasteiger partial charge in [0, 0.05) is 68.2 Å². The molecule has 0 heterocycles. The number of rotatable bonds is 12. The Morgan fingerprint density at radius 2 is 0.467 bits per heavy atom. The van der Waals surface area contributed by atoms with Crippen molar-refractivity contribution in [3.63, 3.8) is 0 Å². The van der Waals surface area contributed by atoms with E-state index in [0.717, 1.165) is 0 Å². The zero-order valence-electron chi connectivity index (χ0n) is 35.3. The molecule has 0 saturated heterocycles. The van der Waals surface area contributed by atoms with Crippen molar-refractivity contribution in [2.45, 2.75) is 105 Å². The highest BCUT2D eigenvalue weighted by atomic mass is 16.3. The zero-order chi connectivity index (χ0) is 44.7. The van der Waals surface area contributed by atoms with E-state index in [9.17, 15) is 60.0 Å². The topological polar surface area (TPSA) is 230 Å². The van der Waals surface area contributed by atoms with E-state index in [4.69, 9.17) is 0 Å². The first-order valence-corrected chi connectivity index (χ1v) is 20.4. The highest BCUT2D eigenvalue weighted by Gasteiger charge is 2.38. The fourth-order valence-electron chi connectivity index (χ4n) is 9.05. The van der Waals surface area contributed by atoms with Crippen LogP contribution in [0.4, 0.5) is 0 Å². The Labute approximate surface area is 349 Å². The van der Waals surface area contributed by atoms with E-state index in [-0.39, 0.29) is 119 Å². The number of hydrogen-bond acceptors (Lipinski definition) is 12. The van der Waals surface area contributed by atoms with Gasteiger partial charge in [0.1, 0.15) is 46.0 Å². The Hall–Kier alpha value is -6.04. The van der Waals surface area contributed by atoms with Gasteiger partial charge in [-0.3, -0.25) is 19.2 Å². The molecular formula is C48H56O12. The molecule has 0 aromatic heterocycles.